The minimum Gasteiger partial charge on any atom is -0.422 e. The highest BCUT2D eigenvalue weighted by Gasteiger charge is 2.17. The van der Waals surface area contributed by atoms with Crippen molar-refractivity contribution in [3.05, 3.63) is 65.0 Å². The van der Waals surface area contributed by atoms with Crippen molar-refractivity contribution in [2.24, 2.45) is 0 Å². The van der Waals surface area contributed by atoms with E-state index in [2.05, 4.69) is 47.5 Å². The highest BCUT2D eigenvalue weighted by molar-refractivity contribution is 7.22. The minimum atomic E-state index is -0.278. The van der Waals surface area contributed by atoms with E-state index >= 15 is 0 Å². The lowest BCUT2D eigenvalue weighted by Gasteiger charge is -2.33. The van der Waals surface area contributed by atoms with Crippen molar-refractivity contribution in [1.82, 2.24) is 5.32 Å². The van der Waals surface area contributed by atoms with Crippen LogP contribution >= 0.6 is 11.3 Å². The Hall–Kier alpha value is -2.63. The van der Waals surface area contributed by atoms with Crippen molar-refractivity contribution in [3.8, 4) is 10.4 Å². The van der Waals surface area contributed by atoms with Gasteiger partial charge < -0.3 is 14.6 Å². The van der Waals surface area contributed by atoms with E-state index in [1.807, 2.05) is 24.3 Å². The molecule has 0 aliphatic carbocycles. The average Bonchev–Trinajstić information content (AvgIpc) is 3.11. The van der Waals surface area contributed by atoms with Crippen LogP contribution in [0, 0.1) is 0 Å². The van der Waals surface area contributed by atoms with Gasteiger partial charge in [0, 0.05) is 52.4 Å². The van der Waals surface area contributed by atoms with Crippen LogP contribution in [0.2, 0.25) is 0 Å². The summed E-state index contributed by atoms with van der Waals surface area (Å²) < 4.78 is 6.89. The normalized spacial score (nSPS) is 17.7. The van der Waals surface area contributed by atoms with Gasteiger partial charge in [0.05, 0.1) is 5.56 Å². The average molecular weight is 376 g/mol. The molecular formula is C22H20N2O2S. The molecule has 27 heavy (non-hydrogen) atoms. The summed E-state index contributed by atoms with van der Waals surface area (Å²) in [5, 5.41) is 5.56. The number of hydrogen-bond acceptors (Lipinski definition) is 5. The fourth-order valence-corrected chi connectivity index (χ4v) is 4.82. The molecule has 3 heterocycles. The Labute approximate surface area is 161 Å². The number of hydrogen-bond donors (Lipinski definition) is 1. The van der Waals surface area contributed by atoms with E-state index in [1.54, 1.807) is 11.3 Å². The number of anilines is 1. The van der Waals surface area contributed by atoms with Gasteiger partial charge in [-0.25, -0.2) is 4.79 Å². The van der Waals surface area contributed by atoms with Gasteiger partial charge in [-0.1, -0.05) is 18.2 Å². The quantitative estimate of drug-likeness (QED) is 0.524. The molecule has 0 saturated carbocycles. The van der Waals surface area contributed by atoms with Crippen LogP contribution in [0.3, 0.4) is 0 Å². The van der Waals surface area contributed by atoms with Gasteiger partial charge in [0.15, 0.2) is 0 Å². The van der Waals surface area contributed by atoms with Gasteiger partial charge in [0.2, 0.25) is 0 Å². The van der Waals surface area contributed by atoms with Gasteiger partial charge >= 0.3 is 5.63 Å². The predicted octanol–water partition coefficient (Wildman–Crippen LogP) is 4.47. The molecule has 1 unspecified atom stereocenters. The zero-order valence-corrected chi connectivity index (χ0v) is 15.9. The van der Waals surface area contributed by atoms with Crippen LogP contribution in [-0.2, 0) is 0 Å². The van der Waals surface area contributed by atoms with Gasteiger partial charge in [-0.2, -0.15) is 0 Å². The van der Waals surface area contributed by atoms with Gasteiger partial charge in [0.25, 0.3) is 0 Å². The largest absolute Gasteiger partial charge is 0.422 e. The number of piperazine rings is 1. The zero-order chi connectivity index (χ0) is 18.4. The predicted molar refractivity (Wildman–Crippen MR) is 113 cm³/mol. The van der Waals surface area contributed by atoms with E-state index in [0.29, 0.717) is 17.2 Å². The lowest BCUT2D eigenvalue weighted by molar-refractivity contribution is 0.484. The fourth-order valence-electron chi connectivity index (χ4n) is 3.75. The van der Waals surface area contributed by atoms with Crippen LogP contribution in [0.15, 0.2) is 63.8 Å². The Bertz CT molecular complexity index is 1160. The number of thiophene rings is 1. The molecule has 1 aliphatic heterocycles. The second kappa shape index (κ2) is 6.51. The van der Waals surface area contributed by atoms with Gasteiger partial charge in [0.1, 0.15) is 5.58 Å². The number of nitrogens with one attached hydrogen (secondary N) is 1. The topological polar surface area (TPSA) is 45.5 Å². The van der Waals surface area contributed by atoms with Crippen LogP contribution in [0.5, 0.6) is 0 Å². The molecule has 0 spiro atoms. The Kier molecular flexibility index (Phi) is 3.99. The first-order valence-electron chi connectivity index (χ1n) is 9.22. The van der Waals surface area contributed by atoms with Crippen LogP contribution in [0.25, 0.3) is 31.5 Å². The lowest BCUT2D eigenvalue weighted by Crippen LogP contribution is -2.49. The van der Waals surface area contributed by atoms with Crippen molar-refractivity contribution >= 4 is 38.1 Å². The van der Waals surface area contributed by atoms with Crippen molar-refractivity contribution in [2.75, 3.05) is 24.5 Å². The van der Waals surface area contributed by atoms with Gasteiger partial charge in [-0.15, -0.1) is 11.3 Å². The smallest absolute Gasteiger partial charge is 0.345 e. The molecule has 1 saturated heterocycles. The molecule has 4 aromatic rings. The Morgan fingerprint density at radius 3 is 2.85 bits per heavy atom. The Balaban J connectivity index is 1.57. The maximum atomic E-state index is 12.7. The molecule has 1 atom stereocenters. The Morgan fingerprint density at radius 1 is 1.11 bits per heavy atom. The molecule has 0 bridgehead atoms. The summed E-state index contributed by atoms with van der Waals surface area (Å²) in [5.74, 6) is 0. The molecule has 0 amide bonds. The fraction of sp³-hybridized carbons (Fsp3) is 0.227. The van der Waals surface area contributed by atoms with Crippen molar-refractivity contribution in [2.45, 2.75) is 13.0 Å². The van der Waals surface area contributed by atoms with E-state index in [9.17, 15) is 4.79 Å². The first-order chi connectivity index (χ1) is 13.2. The molecular weight excluding hydrogens is 356 g/mol. The van der Waals surface area contributed by atoms with Crippen molar-refractivity contribution in [3.63, 3.8) is 0 Å². The summed E-state index contributed by atoms with van der Waals surface area (Å²) in [5.41, 5.74) is 2.11. The van der Waals surface area contributed by atoms with E-state index in [-0.39, 0.29) is 5.63 Å². The van der Waals surface area contributed by atoms with Crippen LogP contribution in [-0.4, -0.2) is 25.7 Å². The van der Waals surface area contributed by atoms with Gasteiger partial charge in [-0.3, -0.25) is 0 Å². The number of rotatable bonds is 2. The van der Waals surface area contributed by atoms with E-state index < -0.39 is 0 Å². The summed E-state index contributed by atoms with van der Waals surface area (Å²) in [6, 6.07) is 18.8. The Morgan fingerprint density at radius 2 is 2.00 bits per heavy atom. The number of fused-ring (bicyclic) bond motifs is 2. The van der Waals surface area contributed by atoms with Crippen molar-refractivity contribution in [1.29, 1.82) is 0 Å². The first kappa shape index (κ1) is 16.5. The molecule has 2 aromatic heterocycles. The van der Waals surface area contributed by atoms with Crippen molar-refractivity contribution < 1.29 is 4.42 Å². The monoisotopic (exact) mass is 376 g/mol. The molecule has 0 radical (unpaired) electrons. The molecule has 1 aliphatic rings. The highest BCUT2D eigenvalue weighted by Crippen LogP contribution is 2.33. The van der Waals surface area contributed by atoms with Crippen LogP contribution in [0.4, 0.5) is 5.69 Å². The third-order valence-electron chi connectivity index (χ3n) is 5.14. The third kappa shape index (κ3) is 3.03. The van der Waals surface area contributed by atoms with Crippen LogP contribution in [0.1, 0.15) is 6.92 Å². The molecule has 2 aromatic carbocycles. The van der Waals surface area contributed by atoms with E-state index in [4.69, 9.17) is 4.42 Å². The number of nitrogens with zero attached hydrogens (tertiary/aromatic N) is 1. The number of benzene rings is 2. The first-order valence-corrected chi connectivity index (χ1v) is 10.0. The van der Waals surface area contributed by atoms with E-state index in [1.165, 1.54) is 4.70 Å². The maximum Gasteiger partial charge on any atom is 0.345 e. The second-order valence-corrected chi connectivity index (χ2v) is 8.20. The van der Waals surface area contributed by atoms with Gasteiger partial charge in [-0.05, 0) is 42.6 Å². The van der Waals surface area contributed by atoms with E-state index in [0.717, 1.165) is 41.0 Å². The summed E-state index contributed by atoms with van der Waals surface area (Å²) in [6.07, 6.45) is 0. The molecule has 1 fully saturated rings. The third-order valence-corrected chi connectivity index (χ3v) is 6.29. The van der Waals surface area contributed by atoms with Crippen LogP contribution < -0.4 is 15.8 Å². The maximum absolute atomic E-state index is 12.7. The minimum absolute atomic E-state index is 0.278. The summed E-state index contributed by atoms with van der Waals surface area (Å²) >= 11 is 1.62. The molecule has 1 N–H and O–H groups in total. The molecule has 136 valence electrons. The zero-order valence-electron chi connectivity index (χ0n) is 15.1. The standard InChI is InChI=1S/C22H20N2O2S/c1-14-13-24(9-8-23-14)17-7-6-15-10-18(22(25)26-19(15)12-17)21-11-16-4-2-3-5-20(16)27-21/h2-7,10-12,14,23H,8-9,13H2,1H3. The lowest BCUT2D eigenvalue weighted by atomic mass is 10.1. The summed E-state index contributed by atoms with van der Waals surface area (Å²) in [6.45, 7) is 5.06. The second-order valence-electron chi connectivity index (χ2n) is 7.12. The molecule has 5 rings (SSSR count). The highest BCUT2D eigenvalue weighted by atomic mass is 32.1. The summed E-state index contributed by atoms with van der Waals surface area (Å²) in [7, 11) is 0. The summed E-state index contributed by atoms with van der Waals surface area (Å²) in [4.78, 5) is 16.0. The molecule has 4 nitrogen and oxygen atoms in total. The molecule has 5 heteroatoms. The SMILES string of the molecule is CC1CN(c2ccc3cc(-c4cc5ccccc5s4)c(=O)oc3c2)CCN1.